The van der Waals surface area contributed by atoms with E-state index in [4.69, 9.17) is 9.47 Å². The summed E-state index contributed by atoms with van der Waals surface area (Å²) in [4.78, 5) is 0. The van der Waals surface area contributed by atoms with Gasteiger partial charge in [-0.2, -0.15) is 0 Å². The Hall–Kier alpha value is -1.44. The molecule has 0 atom stereocenters. The second kappa shape index (κ2) is 1.59. The van der Waals surface area contributed by atoms with Crippen molar-refractivity contribution in [1.29, 1.82) is 0 Å². The monoisotopic (exact) mass is 146 g/mol. The van der Waals surface area contributed by atoms with Crippen LogP contribution in [0.15, 0.2) is 12.1 Å². The molecular formula is C9H6O2. The quantitative estimate of drug-likeness (QED) is 0.565. The fourth-order valence-electron chi connectivity index (χ4n) is 1.40. The lowest BCUT2D eigenvalue weighted by Crippen LogP contribution is -1.95. The van der Waals surface area contributed by atoms with E-state index < -0.39 is 0 Å². The van der Waals surface area contributed by atoms with Crippen LogP contribution in [0.3, 0.4) is 0 Å². The molecule has 3 rings (SSSR count). The molecule has 1 heterocycles. The van der Waals surface area contributed by atoms with E-state index in [9.17, 15) is 0 Å². The summed E-state index contributed by atoms with van der Waals surface area (Å²) in [5.41, 5.74) is 2.43. The summed E-state index contributed by atoms with van der Waals surface area (Å²) in [5.74, 6) is 1.78. The molecule has 1 aliphatic heterocycles. The Morgan fingerprint density at radius 3 is 2.91 bits per heavy atom. The van der Waals surface area contributed by atoms with Crippen molar-refractivity contribution in [2.24, 2.45) is 0 Å². The molecule has 0 saturated heterocycles. The van der Waals surface area contributed by atoms with Gasteiger partial charge in [-0.15, -0.1) is 0 Å². The molecule has 0 N–H and O–H groups in total. The normalized spacial score (nSPS) is 16.0. The SMILES string of the molecule is C1=Cc2c1ccc1c2OCO1. The van der Waals surface area contributed by atoms with Crippen LogP contribution in [0.2, 0.25) is 0 Å². The molecule has 0 unspecified atom stereocenters. The van der Waals surface area contributed by atoms with Crippen molar-refractivity contribution in [3.05, 3.63) is 23.3 Å². The highest BCUT2D eigenvalue weighted by Gasteiger charge is 2.21. The lowest BCUT2D eigenvalue weighted by molar-refractivity contribution is 0.173. The Balaban J connectivity index is 2.31. The average molecular weight is 146 g/mol. The van der Waals surface area contributed by atoms with Gasteiger partial charge in [0.05, 0.1) is 0 Å². The predicted octanol–water partition coefficient (Wildman–Crippen LogP) is 1.90. The van der Waals surface area contributed by atoms with Crippen LogP contribution < -0.4 is 9.47 Å². The lowest BCUT2D eigenvalue weighted by Gasteiger charge is -2.11. The number of fused-ring (bicyclic) bond motifs is 3. The number of rotatable bonds is 0. The van der Waals surface area contributed by atoms with Crippen molar-refractivity contribution < 1.29 is 9.47 Å². The van der Waals surface area contributed by atoms with Gasteiger partial charge in [0.15, 0.2) is 11.5 Å². The third-order valence-corrected chi connectivity index (χ3v) is 2.04. The lowest BCUT2D eigenvalue weighted by atomic mass is 9.96. The van der Waals surface area contributed by atoms with Crippen LogP contribution in [-0.2, 0) is 0 Å². The highest BCUT2D eigenvalue weighted by molar-refractivity contribution is 5.90. The number of hydrogen-bond donors (Lipinski definition) is 0. The van der Waals surface area contributed by atoms with Crippen LogP contribution in [0.5, 0.6) is 11.5 Å². The smallest absolute Gasteiger partial charge is 0.231 e. The Morgan fingerprint density at radius 2 is 2.09 bits per heavy atom. The third kappa shape index (κ3) is 0.522. The number of benzene rings is 1. The Kier molecular flexibility index (Phi) is 0.756. The van der Waals surface area contributed by atoms with Gasteiger partial charge in [-0.1, -0.05) is 12.1 Å². The van der Waals surface area contributed by atoms with E-state index in [0.29, 0.717) is 6.79 Å². The second-order valence-electron chi connectivity index (χ2n) is 2.64. The standard InChI is InChI=1S/C9H6O2/c1-3-7-6(1)2-4-8-9(7)11-5-10-8/h1-4H,5H2. The zero-order chi connectivity index (χ0) is 7.26. The van der Waals surface area contributed by atoms with Crippen molar-refractivity contribution in [3.63, 3.8) is 0 Å². The summed E-state index contributed by atoms with van der Waals surface area (Å²) in [6.45, 7) is 0.361. The maximum Gasteiger partial charge on any atom is 0.231 e. The zero-order valence-electron chi connectivity index (χ0n) is 5.83. The molecule has 1 aliphatic carbocycles. The van der Waals surface area contributed by atoms with Crippen molar-refractivity contribution >= 4 is 12.2 Å². The van der Waals surface area contributed by atoms with Gasteiger partial charge in [0.1, 0.15) is 0 Å². The van der Waals surface area contributed by atoms with E-state index in [1.54, 1.807) is 0 Å². The van der Waals surface area contributed by atoms with E-state index in [2.05, 4.69) is 6.08 Å². The predicted molar refractivity (Wildman–Crippen MR) is 41.5 cm³/mol. The number of ether oxygens (including phenoxy) is 2. The summed E-state index contributed by atoms with van der Waals surface area (Å²) in [7, 11) is 0. The molecule has 0 amide bonds. The van der Waals surface area contributed by atoms with Gasteiger partial charge in [-0.25, -0.2) is 0 Å². The first kappa shape index (κ1) is 5.24. The van der Waals surface area contributed by atoms with Crippen molar-refractivity contribution in [3.8, 4) is 11.5 Å². The molecule has 2 aliphatic rings. The Morgan fingerprint density at radius 1 is 1.09 bits per heavy atom. The van der Waals surface area contributed by atoms with E-state index >= 15 is 0 Å². The molecule has 0 radical (unpaired) electrons. The molecule has 0 bridgehead atoms. The van der Waals surface area contributed by atoms with Crippen LogP contribution in [-0.4, -0.2) is 6.79 Å². The molecule has 11 heavy (non-hydrogen) atoms. The maximum absolute atomic E-state index is 5.29. The molecule has 54 valence electrons. The zero-order valence-corrected chi connectivity index (χ0v) is 5.83. The molecule has 2 heteroatoms. The van der Waals surface area contributed by atoms with Gasteiger partial charge in [0, 0.05) is 5.56 Å². The Labute approximate surface area is 64.1 Å². The van der Waals surface area contributed by atoms with E-state index in [0.717, 1.165) is 11.5 Å². The van der Waals surface area contributed by atoms with E-state index in [1.165, 1.54) is 11.1 Å². The summed E-state index contributed by atoms with van der Waals surface area (Å²) in [6, 6.07) is 3.99. The molecule has 1 aromatic rings. The topological polar surface area (TPSA) is 18.5 Å². The second-order valence-corrected chi connectivity index (χ2v) is 2.64. The third-order valence-electron chi connectivity index (χ3n) is 2.04. The molecule has 0 fully saturated rings. The van der Waals surface area contributed by atoms with Crippen LogP contribution in [0, 0.1) is 0 Å². The molecule has 1 aromatic carbocycles. The van der Waals surface area contributed by atoms with Crippen LogP contribution in [0.4, 0.5) is 0 Å². The summed E-state index contributed by atoms with van der Waals surface area (Å²) >= 11 is 0. The van der Waals surface area contributed by atoms with Gasteiger partial charge in [-0.3, -0.25) is 0 Å². The minimum absolute atomic E-state index is 0.361. The van der Waals surface area contributed by atoms with Gasteiger partial charge in [-0.05, 0) is 17.7 Å². The summed E-state index contributed by atoms with van der Waals surface area (Å²) in [6.07, 6.45) is 4.11. The fourth-order valence-corrected chi connectivity index (χ4v) is 1.40. The van der Waals surface area contributed by atoms with E-state index in [1.807, 2.05) is 18.2 Å². The molecule has 0 aromatic heterocycles. The Bertz CT molecular complexity index is 353. The summed E-state index contributed by atoms with van der Waals surface area (Å²) < 4.78 is 10.5. The van der Waals surface area contributed by atoms with Crippen LogP contribution >= 0.6 is 0 Å². The summed E-state index contributed by atoms with van der Waals surface area (Å²) in [5, 5.41) is 0. The van der Waals surface area contributed by atoms with Gasteiger partial charge in [0.2, 0.25) is 6.79 Å². The van der Waals surface area contributed by atoms with Gasteiger partial charge < -0.3 is 9.47 Å². The van der Waals surface area contributed by atoms with Crippen molar-refractivity contribution in [1.82, 2.24) is 0 Å². The molecule has 0 saturated carbocycles. The first-order valence-corrected chi connectivity index (χ1v) is 3.56. The maximum atomic E-state index is 5.29. The highest BCUT2D eigenvalue weighted by Crippen LogP contribution is 2.42. The van der Waals surface area contributed by atoms with Gasteiger partial charge in [0.25, 0.3) is 0 Å². The van der Waals surface area contributed by atoms with Crippen molar-refractivity contribution in [2.75, 3.05) is 6.79 Å². The average Bonchev–Trinajstić information content (AvgIpc) is 2.34. The highest BCUT2D eigenvalue weighted by atomic mass is 16.7. The molecular weight excluding hydrogens is 140 g/mol. The molecule has 2 nitrogen and oxygen atoms in total. The van der Waals surface area contributed by atoms with Gasteiger partial charge >= 0.3 is 0 Å². The van der Waals surface area contributed by atoms with Crippen molar-refractivity contribution in [2.45, 2.75) is 0 Å². The fraction of sp³-hybridized carbons (Fsp3) is 0.111. The molecule has 0 spiro atoms. The minimum Gasteiger partial charge on any atom is -0.454 e. The first-order valence-electron chi connectivity index (χ1n) is 3.56. The van der Waals surface area contributed by atoms with E-state index in [-0.39, 0.29) is 0 Å². The largest absolute Gasteiger partial charge is 0.454 e. The minimum atomic E-state index is 0.361. The first-order chi connectivity index (χ1) is 5.45. The van der Waals surface area contributed by atoms with Crippen LogP contribution in [0.1, 0.15) is 11.1 Å². The van der Waals surface area contributed by atoms with Crippen LogP contribution in [0.25, 0.3) is 12.2 Å². The number of hydrogen-bond acceptors (Lipinski definition) is 2.